The number of rotatable bonds is 3. The van der Waals surface area contributed by atoms with E-state index in [9.17, 15) is 13.6 Å². The Morgan fingerprint density at radius 2 is 1.52 bits per heavy atom. The van der Waals surface area contributed by atoms with Gasteiger partial charge in [-0.25, -0.2) is 8.78 Å². The number of nitrogens with zero attached hydrogens (tertiary/aromatic N) is 1. The van der Waals surface area contributed by atoms with Crippen molar-refractivity contribution in [1.29, 1.82) is 0 Å². The Bertz CT molecular complexity index is 1040. The van der Waals surface area contributed by atoms with E-state index in [0.29, 0.717) is 30.1 Å². The minimum absolute atomic E-state index is 0.0603. The van der Waals surface area contributed by atoms with E-state index in [-0.39, 0.29) is 29.6 Å². The highest BCUT2D eigenvalue weighted by atomic mass is 19.1. The molecule has 5 heteroatoms. The van der Waals surface area contributed by atoms with Crippen LogP contribution in [0, 0.1) is 11.6 Å². The van der Waals surface area contributed by atoms with Gasteiger partial charge in [0.2, 0.25) is 0 Å². The van der Waals surface area contributed by atoms with Crippen LogP contribution in [-0.4, -0.2) is 36.0 Å². The summed E-state index contributed by atoms with van der Waals surface area (Å²) in [6.45, 7) is 1.24. The van der Waals surface area contributed by atoms with Crippen molar-refractivity contribution in [2.24, 2.45) is 0 Å². The highest BCUT2D eigenvalue weighted by Crippen LogP contribution is 2.38. The van der Waals surface area contributed by atoms with Crippen molar-refractivity contribution in [3.05, 3.63) is 95.6 Å². The first-order chi connectivity index (χ1) is 14.1. The molecule has 3 aromatic rings. The van der Waals surface area contributed by atoms with Gasteiger partial charge in [-0.1, -0.05) is 42.5 Å². The number of hydrogen-bond acceptors (Lipinski definition) is 2. The third-order valence-electron chi connectivity index (χ3n) is 5.99. The van der Waals surface area contributed by atoms with Gasteiger partial charge in [0.15, 0.2) is 0 Å². The Morgan fingerprint density at radius 3 is 2.17 bits per heavy atom. The molecule has 1 amide bonds. The van der Waals surface area contributed by atoms with Crippen LogP contribution < -0.4 is 5.32 Å². The molecular formula is C24H20F2N2O. The Balaban J connectivity index is 1.29. The lowest BCUT2D eigenvalue weighted by atomic mass is 9.74. The van der Waals surface area contributed by atoms with Gasteiger partial charge in [-0.15, -0.1) is 0 Å². The maximum absolute atomic E-state index is 14.0. The SMILES string of the molecule is O=C(c1ccc(F)cc1)N1C[C@@H]2N[C@H](C1)C2c1ccc(-c2ccccc2F)cc1. The predicted octanol–water partition coefficient (Wildman–Crippen LogP) is 4.21. The van der Waals surface area contributed by atoms with Crippen LogP contribution >= 0.6 is 0 Å². The third-order valence-corrected chi connectivity index (χ3v) is 5.99. The second-order valence-electron chi connectivity index (χ2n) is 7.72. The molecule has 3 saturated heterocycles. The van der Waals surface area contributed by atoms with E-state index in [2.05, 4.69) is 17.4 Å². The predicted molar refractivity (Wildman–Crippen MR) is 108 cm³/mol. The summed E-state index contributed by atoms with van der Waals surface area (Å²) in [6, 6.07) is 20.9. The number of hydrogen-bond donors (Lipinski definition) is 1. The summed E-state index contributed by atoms with van der Waals surface area (Å²) in [5, 5.41) is 3.51. The summed E-state index contributed by atoms with van der Waals surface area (Å²) in [5.74, 6) is -0.294. The fraction of sp³-hybridized carbons (Fsp3) is 0.208. The Morgan fingerprint density at radius 1 is 0.862 bits per heavy atom. The molecule has 3 heterocycles. The largest absolute Gasteiger partial charge is 0.335 e. The van der Waals surface area contributed by atoms with Crippen LogP contribution in [0.1, 0.15) is 21.8 Å². The number of carbonyl (C=O) groups is 1. The van der Waals surface area contributed by atoms with Crippen LogP contribution in [0.4, 0.5) is 8.78 Å². The zero-order chi connectivity index (χ0) is 20.0. The van der Waals surface area contributed by atoms with Crippen LogP contribution in [-0.2, 0) is 0 Å². The normalized spacial score (nSPS) is 22.8. The van der Waals surface area contributed by atoms with Crippen molar-refractivity contribution in [3.8, 4) is 11.1 Å². The lowest BCUT2D eigenvalue weighted by Crippen LogP contribution is -2.72. The molecular weight excluding hydrogens is 370 g/mol. The number of nitrogens with one attached hydrogen (secondary N) is 1. The number of benzene rings is 3. The molecule has 2 bridgehead atoms. The van der Waals surface area contributed by atoms with Crippen LogP contribution in [0.5, 0.6) is 0 Å². The van der Waals surface area contributed by atoms with Gasteiger partial charge in [0.05, 0.1) is 0 Å². The number of carbonyl (C=O) groups excluding carboxylic acids is 1. The first kappa shape index (κ1) is 18.0. The summed E-state index contributed by atoms with van der Waals surface area (Å²) >= 11 is 0. The van der Waals surface area contributed by atoms with Crippen LogP contribution in [0.3, 0.4) is 0 Å². The van der Waals surface area contributed by atoms with Crippen LogP contribution in [0.2, 0.25) is 0 Å². The molecule has 0 radical (unpaired) electrons. The molecule has 6 rings (SSSR count). The Labute approximate surface area is 168 Å². The second-order valence-corrected chi connectivity index (χ2v) is 7.72. The summed E-state index contributed by atoms with van der Waals surface area (Å²) < 4.78 is 27.1. The average molecular weight is 390 g/mol. The van der Waals surface area contributed by atoms with Crippen molar-refractivity contribution in [3.63, 3.8) is 0 Å². The van der Waals surface area contributed by atoms with Crippen molar-refractivity contribution in [2.75, 3.05) is 13.1 Å². The van der Waals surface area contributed by atoms with E-state index in [0.717, 1.165) is 5.56 Å². The lowest BCUT2D eigenvalue weighted by molar-refractivity contribution is 0.0367. The number of amides is 1. The molecule has 29 heavy (non-hydrogen) atoms. The van der Waals surface area contributed by atoms with E-state index in [4.69, 9.17) is 0 Å². The topological polar surface area (TPSA) is 32.3 Å². The van der Waals surface area contributed by atoms with Gasteiger partial charge in [-0.3, -0.25) is 4.79 Å². The first-order valence-corrected chi connectivity index (χ1v) is 9.76. The summed E-state index contributed by atoms with van der Waals surface area (Å²) in [7, 11) is 0. The molecule has 146 valence electrons. The van der Waals surface area contributed by atoms with Gasteiger partial charge < -0.3 is 10.2 Å². The molecule has 0 aliphatic carbocycles. The minimum atomic E-state index is -0.344. The van der Waals surface area contributed by atoms with E-state index >= 15 is 0 Å². The smallest absolute Gasteiger partial charge is 0.253 e. The van der Waals surface area contributed by atoms with Gasteiger partial charge >= 0.3 is 0 Å². The van der Waals surface area contributed by atoms with Crippen LogP contribution in [0.15, 0.2) is 72.8 Å². The van der Waals surface area contributed by atoms with E-state index in [1.54, 1.807) is 12.1 Å². The number of halogens is 2. The molecule has 0 aromatic heterocycles. The van der Waals surface area contributed by atoms with Gasteiger partial charge in [0.25, 0.3) is 5.91 Å². The fourth-order valence-corrected chi connectivity index (χ4v) is 4.51. The fourth-order valence-electron chi connectivity index (χ4n) is 4.51. The van der Waals surface area contributed by atoms with Crippen molar-refractivity contribution < 1.29 is 13.6 Å². The average Bonchev–Trinajstić information content (AvgIpc) is 2.75. The number of piperidine rings is 1. The zero-order valence-electron chi connectivity index (χ0n) is 15.7. The molecule has 1 unspecified atom stereocenters. The molecule has 3 aliphatic rings. The van der Waals surface area contributed by atoms with Crippen molar-refractivity contribution in [2.45, 2.75) is 18.0 Å². The molecule has 0 spiro atoms. The molecule has 1 N–H and O–H groups in total. The second kappa shape index (κ2) is 7.08. The third kappa shape index (κ3) is 3.21. The number of fused-ring (bicyclic) bond motifs is 2. The monoisotopic (exact) mass is 390 g/mol. The van der Waals surface area contributed by atoms with E-state index in [1.807, 2.05) is 23.1 Å². The van der Waals surface area contributed by atoms with Crippen molar-refractivity contribution >= 4 is 5.91 Å². The maximum atomic E-state index is 14.0. The molecule has 0 saturated carbocycles. The van der Waals surface area contributed by atoms with Gasteiger partial charge in [0, 0.05) is 42.2 Å². The summed E-state index contributed by atoms with van der Waals surface area (Å²) in [6.07, 6.45) is 0. The molecule has 3 atom stereocenters. The zero-order valence-corrected chi connectivity index (χ0v) is 15.7. The van der Waals surface area contributed by atoms with Crippen molar-refractivity contribution in [1.82, 2.24) is 10.2 Å². The Hall–Kier alpha value is -3.05. The lowest BCUT2D eigenvalue weighted by Gasteiger charge is -2.54. The Kier molecular flexibility index (Phi) is 4.40. The van der Waals surface area contributed by atoms with E-state index < -0.39 is 0 Å². The summed E-state index contributed by atoms with van der Waals surface area (Å²) in [4.78, 5) is 14.5. The molecule has 3 fully saturated rings. The number of piperazine rings is 1. The highest BCUT2D eigenvalue weighted by molar-refractivity contribution is 5.94. The van der Waals surface area contributed by atoms with Gasteiger partial charge in [-0.2, -0.15) is 0 Å². The maximum Gasteiger partial charge on any atom is 0.253 e. The quantitative estimate of drug-likeness (QED) is 0.727. The molecule has 3 aromatic carbocycles. The van der Waals surface area contributed by atoms with Crippen LogP contribution in [0.25, 0.3) is 11.1 Å². The molecule has 3 aliphatic heterocycles. The minimum Gasteiger partial charge on any atom is -0.335 e. The standard InChI is InChI=1S/C24H20F2N2O/c25-18-11-9-17(10-12-18)24(29)28-13-21-23(22(14-28)27-21)16-7-5-15(6-8-16)19-3-1-2-4-20(19)26/h1-12,21-23,27H,13-14H2/t21-,22+,23?. The van der Waals surface area contributed by atoms with E-state index in [1.165, 1.54) is 35.9 Å². The van der Waals surface area contributed by atoms with Gasteiger partial charge in [-0.05, 0) is 41.5 Å². The first-order valence-electron chi connectivity index (χ1n) is 9.76. The highest BCUT2D eigenvalue weighted by Gasteiger charge is 2.48. The molecule has 3 nitrogen and oxygen atoms in total. The summed E-state index contributed by atoms with van der Waals surface area (Å²) in [5.41, 5.74) is 3.17. The van der Waals surface area contributed by atoms with Gasteiger partial charge in [0.1, 0.15) is 11.6 Å².